The second kappa shape index (κ2) is 5.08. The summed E-state index contributed by atoms with van der Waals surface area (Å²) in [5, 5.41) is 0. The van der Waals surface area contributed by atoms with Gasteiger partial charge >= 0.3 is 0 Å². The highest BCUT2D eigenvalue weighted by molar-refractivity contribution is 5.52. The van der Waals surface area contributed by atoms with Crippen LogP contribution in [0.1, 0.15) is 22.3 Å². The number of ether oxygens (including phenoxy) is 1. The van der Waals surface area contributed by atoms with Crippen molar-refractivity contribution in [3.8, 4) is 5.75 Å². The molecule has 2 N–H and O–H groups in total. The van der Waals surface area contributed by atoms with E-state index < -0.39 is 0 Å². The number of nitrogens with two attached hydrogens (primary N) is 1. The topological polar surface area (TPSA) is 38.5 Å². The molecule has 0 saturated heterocycles. The van der Waals surface area contributed by atoms with Gasteiger partial charge in [0, 0.05) is 31.7 Å². The van der Waals surface area contributed by atoms with E-state index >= 15 is 0 Å². The lowest BCUT2D eigenvalue weighted by Gasteiger charge is -2.15. The number of nitrogens with zero attached hydrogens (tertiary/aromatic N) is 1. The summed E-state index contributed by atoms with van der Waals surface area (Å²) in [6.45, 7) is 3.91. The molecule has 0 unspecified atom stereocenters. The van der Waals surface area contributed by atoms with Gasteiger partial charge in [-0.2, -0.15) is 0 Å². The standard InChI is InChI=1S/C18H20N2O/c19-17-3-1-2-15-11-20(12-16(15)17)8-6-13-4-5-18-14(10-13)7-9-21-18/h1-5,10H,6-9,11-12,19H2. The van der Waals surface area contributed by atoms with E-state index in [0.29, 0.717) is 0 Å². The summed E-state index contributed by atoms with van der Waals surface area (Å²) in [7, 11) is 0. The zero-order valence-electron chi connectivity index (χ0n) is 12.1. The first kappa shape index (κ1) is 12.7. The van der Waals surface area contributed by atoms with Crippen molar-refractivity contribution in [2.75, 3.05) is 18.9 Å². The van der Waals surface area contributed by atoms with Crippen LogP contribution in [-0.2, 0) is 25.9 Å². The lowest BCUT2D eigenvalue weighted by atomic mass is 10.1. The molecule has 2 aromatic carbocycles. The first-order valence-electron chi connectivity index (χ1n) is 7.63. The van der Waals surface area contributed by atoms with Gasteiger partial charge in [0.2, 0.25) is 0 Å². The van der Waals surface area contributed by atoms with Gasteiger partial charge in [-0.25, -0.2) is 0 Å². The molecule has 21 heavy (non-hydrogen) atoms. The van der Waals surface area contributed by atoms with Gasteiger partial charge in [-0.3, -0.25) is 4.90 Å². The summed E-state index contributed by atoms with van der Waals surface area (Å²) in [5.41, 5.74) is 12.5. The molecule has 4 rings (SSSR count). The third kappa shape index (κ3) is 2.38. The Morgan fingerprint density at radius 2 is 2.05 bits per heavy atom. The third-order valence-electron chi connectivity index (χ3n) is 4.56. The number of hydrogen-bond acceptors (Lipinski definition) is 3. The van der Waals surface area contributed by atoms with Gasteiger partial charge in [-0.15, -0.1) is 0 Å². The molecule has 0 bridgehead atoms. The molecule has 0 atom stereocenters. The van der Waals surface area contributed by atoms with Crippen molar-refractivity contribution in [2.45, 2.75) is 25.9 Å². The predicted molar refractivity (Wildman–Crippen MR) is 84.3 cm³/mol. The minimum absolute atomic E-state index is 0.833. The van der Waals surface area contributed by atoms with E-state index in [-0.39, 0.29) is 0 Å². The maximum Gasteiger partial charge on any atom is 0.122 e. The van der Waals surface area contributed by atoms with E-state index in [1.165, 1.54) is 22.3 Å². The number of rotatable bonds is 3. The fourth-order valence-electron chi connectivity index (χ4n) is 3.36. The summed E-state index contributed by atoms with van der Waals surface area (Å²) in [6, 6.07) is 12.9. The number of anilines is 1. The van der Waals surface area contributed by atoms with Crippen molar-refractivity contribution < 1.29 is 4.74 Å². The van der Waals surface area contributed by atoms with Gasteiger partial charge < -0.3 is 10.5 Å². The van der Waals surface area contributed by atoms with Gasteiger partial charge in [-0.1, -0.05) is 24.3 Å². The third-order valence-corrected chi connectivity index (χ3v) is 4.56. The summed E-state index contributed by atoms with van der Waals surface area (Å²) in [4.78, 5) is 2.48. The summed E-state index contributed by atoms with van der Waals surface area (Å²) in [6.07, 6.45) is 2.13. The maximum absolute atomic E-state index is 6.06. The number of benzene rings is 2. The Hall–Kier alpha value is -2.00. The normalized spacial score (nSPS) is 16.6. The molecule has 3 nitrogen and oxygen atoms in total. The van der Waals surface area contributed by atoms with Crippen LogP contribution >= 0.6 is 0 Å². The fourth-order valence-corrected chi connectivity index (χ4v) is 3.36. The number of nitrogen functional groups attached to an aromatic ring is 1. The van der Waals surface area contributed by atoms with Crippen LogP contribution < -0.4 is 10.5 Å². The molecule has 0 saturated carbocycles. The smallest absolute Gasteiger partial charge is 0.122 e. The highest BCUT2D eigenvalue weighted by Crippen LogP contribution is 2.29. The molecule has 0 spiro atoms. The second-order valence-corrected chi connectivity index (χ2v) is 5.99. The monoisotopic (exact) mass is 280 g/mol. The van der Waals surface area contributed by atoms with Crippen molar-refractivity contribution in [1.29, 1.82) is 0 Å². The molecule has 0 aliphatic carbocycles. The minimum Gasteiger partial charge on any atom is -0.493 e. The number of hydrogen-bond donors (Lipinski definition) is 1. The van der Waals surface area contributed by atoms with E-state index in [9.17, 15) is 0 Å². The molecule has 0 amide bonds. The Morgan fingerprint density at radius 3 is 2.95 bits per heavy atom. The summed E-state index contributed by atoms with van der Waals surface area (Å²) in [5.74, 6) is 1.07. The molecule has 0 aromatic heterocycles. The maximum atomic E-state index is 6.06. The summed E-state index contributed by atoms with van der Waals surface area (Å²) < 4.78 is 5.56. The largest absolute Gasteiger partial charge is 0.493 e. The first-order chi connectivity index (χ1) is 10.3. The SMILES string of the molecule is Nc1cccc2c1CN(CCc1ccc3c(c1)CCO3)C2. The Kier molecular flexibility index (Phi) is 3.08. The lowest BCUT2D eigenvalue weighted by molar-refractivity contribution is 0.288. The number of fused-ring (bicyclic) bond motifs is 2. The zero-order chi connectivity index (χ0) is 14.2. The Bertz CT molecular complexity index is 681. The zero-order valence-corrected chi connectivity index (χ0v) is 12.1. The fraction of sp³-hybridized carbons (Fsp3) is 0.333. The van der Waals surface area contributed by atoms with Crippen molar-refractivity contribution in [2.24, 2.45) is 0 Å². The second-order valence-electron chi connectivity index (χ2n) is 5.99. The quantitative estimate of drug-likeness (QED) is 0.879. The van der Waals surface area contributed by atoms with Gasteiger partial charge in [-0.05, 0) is 40.8 Å². The molecule has 3 heteroatoms. The van der Waals surface area contributed by atoms with Crippen molar-refractivity contribution in [3.05, 3.63) is 58.7 Å². The van der Waals surface area contributed by atoms with Crippen LogP contribution in [0.25, 0.3) is 0 Å². The Morgan fingerprint density at radius 1 is 1.10 bits per heavy atom. The van der Waals surface area contributed by atoms with Crippen LogP contribution in [0.3, 0.4) is 0 Å². The first-order valence-corrected chi connectivity index (χ1v) is 7.63. The average molecular weight is 280 g/mol. The molecule has 2 aliphatic rings. The van der Waals surface area contributed by atoms with Crippen LogP contribution in [0.5, 0.6) is 5.75 Å². The van der Waals surface area contributed by atoms with E-state index in [1.807, 2.05) is 6.07 Å². The molecule has 2 aromatic rings. The minimum atomic E-state index is 0.833. The highest BCUT2D eigenvalue weighted by Gasteiger charge is 2.20. The van der Waals surface area contributed by atoms with Crippen LogP contribution in [-0.4, -0.2) is 18.1 Å². The van der Waals surface area contributed by atoms with Gasteiger partial charge in [0.15, 0.2) is 0 Å². The van der Waals surface area contributed by atoms with E-state index in [0.717, 1.165) is 50.5 Å². The summed E-state index contributed by atoms with van der Waals surface area (Å²) >= 11 is 0. The van der Waals surface area contributed by atoms with Gasteiger partial charge in [0.05, 0.1) is 6.61 Å². The lowest BCUT2D eigenvalue weighted by Crippen LogP contribution is -2.19. The van der Waals surface area contributed by atoms with Gasteiger partial charge in [0.25, 0.3) is 0 Å². The van der Waals surface area contributed by atoms with Crippen molar-refractivity contribution in [3.63, 3.8) is 0 Å². The van der Waals surface area contributed by atoms with Crippen LogP contribution in [0, 0.1) is 0 Å². The Labute approximate surface area is 125 Å². The highest BCUT2D eigenvalue weighted by atomic mass is 16.5. The van der Waals surface area contributed by atoms with Crippen molar-refractivity contribution >= 4 is 5.69 Å². The average Bonchev–Trinajstić information content (AvgIpc) is 3.11. The molecule has 2 aliphatic heterocycles. The molecule has 2 heterocycles. The predicted octanol–water partition coefficient (Wildman–Crippen LogP) is 2.76. The molecule has 0 radical (unpaired) electrons. The van der Waals surface area contributed by atoms with Crippen LogP contribution in [0.15, 0.2) is 36.4 Å². The molecular weight excluding hydrogens is 260 g/mol. The van der Waals surface area contributed by atoms with E-state index in [2.05, 4.69) is 35.2 Å². The van der Waals surface area contributed by atoms with Gasteiger partial charge in [0.1, 0.15) is 5.75 Å². The van der Waals surface area contributed by atoms with Crippen LogP contribution in [0.4, 0.5) is 5.69 Å². The molecule has 108 valence electrons. The van der Waals surface area contributed by atoms with E-state index in [1.54, 1.807) is 0 Å². The Balaban J connectivity index is 1.41. The van der Waals surface area contributed by atoms with Crippen molar-refractivity contribution in [1.82, 2.24) is 4.90 Å². The van der Waals surface area contributed by atoms with Crippen LogP contribution in [0.2, 0.25) is 0 Å². The molecular formula is C18H20N2O. The molecule has 0 fully saturated rings. The van der Waals surface area contributed by atoms with E-state index in [4.69, 9.17) is 10.5 Å².